The highest BCUT2D eigenvalue weighted by Crippen LogP contribution is 1.93. The summed E-state index contributed by atoms with van der Waals surface area (Å²) in [4.78, 5) is 0. The zero-order valence-corrected chi connectivity index (χ0v) is 7.96. The smallest absolute Gasteiger partial charge is 0.273 e. The van der Waals surface area contributed by atoms with Crippen molar-refractivity contribution in [2.24, 2.45) is 0 Å². The molecule has 13 heavy (non-hydrogen) atoms. The van der Waals surface area contributed by atoms with Gasteiger partial charge in [0, 0.05) is 10.7 Å². The first-order chi connectivity index (χ1) is 5.93. The zero-order chi connectivity index (χ0) is 10.3. The number of rotatable bonds is 0. The zero-order valence-electron chi connectivity index (χ0n) is 6.38. The Morgan fingerprint density at radius 1 is 1.31 bits per heavy atom. The molecule has 0 aliphatic carbocycles. The molecule has 0 unspecified atom stereocenters. The second-order valence-corrected chi connectivity index (χ2v) is 3.88. The van der Waals surface area contributed by atoms with Gasteiger partial charge in [0.15, 0.2) is 0 Å². The SMILES string of the molecule is N#Cc1ccccc1.O=S(=O)(O)Cl. The molecule has 0 bridgehead atoms. The molecule has 1 aromatic carbocycles. The van der Waals surface area contributed by atoms with E-state index in [1.165, 1.54) is 0 Å². The second-order valence-electron chi connectivity index (χ2n) is 1.89. The molecular weight excluding hydrogens is 214 g/mol. The second kappa shape index (κ2) is 5.54. The summed E-state index contributed by atoms with van der Waals surface area (Å²) in [5.41, 5.74) is 0.715. The van der Waals surface area contributed by atoms with E-state index in [0.29, 0.717) is 5.56 Å². The Labute approximate surface area is 80.6 Å². The van der Waals surface area contributed by atoms with Crippen molar-refractivity contribution in [1.82, 2.24) is 0 Å². The van der Waals surface area contributed by atoms with Gasteiger partial charge in [-0.05, 0) is 12.1 Å². The van der Waals surface area contributed by atoms with Crippen molar-refractivity contribution in [2.75, 3.05) is 0 Å². The third kappa shape index (κ3) is 10.9. The van der Waals surface area contributed by atoms with E-state index >= 15 is 0 Å². The summed E-state index contributed by atoms with van der Waals surface area (Å²) < 4.78 is 25.2. The molecule has 0 aliphatic heterocycles. The van der Waals surface area contributed by atoms with Crippen molar-refractivity contribution < 1.29 is 13.0 Å². The van der Waals surface area contributed by atoms with Crippen LogP contribution in [0.5, 0.6) is 0 Å². The highest BCUT2D eigenvalue weighted by Gasteiger charge is 1.86. The van der Waals surface area contributed by atoms with E-state index in [1.807, 2.05) is 24.3 Å². The predicted octanol–water partition coefficient (Wildman–Crippen LogP) is 1.59. The van der Waals surface area contributed by atoms with Gasteiger partial charge in [0.05, 0.1) is 11.6 Å². The van der Waals surface area contributed by atoms with Crippen molar-refractivity contribution in [3.05, 3.63) is 35.9 Å². The van der Waals surface area contributed by atoms with Crippen molar-refractivity contribution in [3.8, 4) is 6.07 Å². The van der Waals surface area contributed by atoms with Gasteiger partial charge >= 0.3 is 9.33 Å². The van der Waals surface area contributed by atoms with Gasteiger partial charge in [-0.25, -0.2) is 0 Å². The average Bonchev–Trinajstić information content (AvgIpc) is 2.03. The van der Waals surface area contributed by atoms with E-state index in [-0.39, 0.29) is 0 Å². The van der Waals surface area contributed by atoms with Crippen LogP contribution in [0, 0.1) is 11.3 Å². The Morgan fingerprint density at radius 3 is 1.92 bits per heavy atom. The van der Waals surface area contributed by atoms with E-state index in [9.17, 15) is 0 Å². The molecule has 0 radical (unpaired) electrons. The Bertz CT molecular complexity index is 374. The standard InChI is InChI=1S/C7H5N.ClHO3S/c8-6-7-4-2-1-3-5-7;1-5(2,3)4/h1-5H;(H,2,3,4). The van der Waals surface area contributed by atoms with E-state index < -0.39 is 9.33 Å². The Morgan fingerprint density at radius 2 is 1.69 bits per heavy atom. The molecule has 70 valence electrons. The fourth-order valence-electron chi connectivity index (χ4n) is 0.513. The van der Waals surface area contributed by atoms with Crippen LogP contribution in [0.2, 0.25) is 0 Å². The molecule has 0 saturated heterocycles. The molecule has 0 saturated carbocycles. The van der Waals surface area contributed by atoms with Crippen LogP contribution in [-0.4, -0.2) is 13.0 Å². The van der Waals surface area contributed by atoms with Crippen LogP contribution in [-0.2, 0) is 9.33 Å². The quantitative estimate of drug-likeness (QED) is 0.531. The molecule has 4 nitrogen and oxygen atoms in total. The Balaban J connectivity index is 0.000000252. The molecule has 0 fully saturated rings. The number of nitrogens with zero attached hydrogens (tertiary/aromatic N) is 1. The largest absolute Gasteiger partial charge is 0.353 e. The van der Waals surface area contributed by atoms with Crippen LogP contribution in [0.15, 0.2) is 30.3 Å². The monoisotopic (exact) mass is 219 g/mol. The highest BCUT2D eigenvalue weighted by atomic mass is 35.7. The first-order valence-corrected chi connectivity index (χ1v) is 5.32. The van der Waals surface area contributed by atoms with E-state index in [1.54, 1.807) is 12.1 Å². The van der Waals surface area contributed by atoms with Gasteiger partial charge in [0.2, 0.25) is 0 Å². The van der Waals surface area contributed by atoms with Crippen LogP contribution in [0.4, 0.5) is 0 Å². The Kier molecular flexibility index (Phi) is 5.07. The van der Waals surface area contributed by atoms with Gasteiger partial charge in [0.1, 0.15) is 0 Å². The van der Waals surface area contributed by atoms with Crippen LogP contribution < -0.4 is 0 Å². The first-order valence-electron chi connectivity index (χ1n) is 3.05. The van der Waals surface area contributed by atoms with Crippen LogP contribution >= 0.6 is 10.7 Å². The summed E-state index contributed by atoms with van der Waals surface area (Å²) in [7, 11) is -0.137. The summed E-state index contributed by atoms with van der Waals surface area (Å²) in [5.74, 6) is 0. The van der Waals surface area contributed by atoms with Gasteiger partial charge in [-0.3, -0.25) is 4.55 Å². The highest BCUT2D eigenvalue weighted by molar-refractivity contribution is 8.09. The minimum absolute atomic E-state index is 0.715. The fraction of sp³-hybridized carbons (Fsp3) is 0. The molecule has 0 spiro atoms. The summed E-state index contributed by atoms with van der Waals surface area (Å²) in [5, 5.41) is 8.29. The van der Waals surface area contributed by atoms with Gasteiger partial charge in [-0.2, -0.15) is 13.7 Å². The fourth-order valence-corrected chi connectivity index (χ4v) is 0.513. The molecule has 0 aromatic heterocycles. The molecule has 0 amide bonds. The van der Waals surface area contributed by atoms with Crippen LogP contribution in [0.3, 0.4) is 0 Å². The van der Waals surface area contributed by atoms with Crippen molar-refractivity contribution >= 4 is 20.0 Å². The maximum Gasteiger partial charge on any atom is 0.353 e. The number of halogens is 1. The molecule has 1 aromatic rings. The molecule has 0 heterocycles. The molecule has 1 rings (SSSR count). The number of hydrogen-bond donors (Lipinski definition) is 1. The third-order valence-corrected chi connectivity index (χ3v) is 0.903. The minimum atomic E-state index is -4.19. The summed E-state index contributed by atoms with van der Waals surface area (Å²) in [6, 6.07) is 11.2. The first kappa shape index (κ1) is 11.9. The summed E-state index contributed by atoms with van der Waals surface area (Å²) >= 11 is 0. The van der Waals surface area contributed by atoms with Gasteiger partial charge in [-0.1, -0.05) is 18.2 Å². The molecule has 1 N–H and O–H groups in total. The maximum absolute atomic E-state index is 8.95. The van der Waals surface area contributed by atoms with Crippen molar-refractivity contribution in [1.29, 1.82) is 5.26 Å². The number of benzene rings is 1. The molecule has 6 heteroatoms. The van der Waals surface area contributed by atoms with E-state index in [4.69, 9.17) is 18.2 Å². The van der Waals surface area contributed by atoms with Crippen molar-refractivity contribution in [2.45, 2.75) is 0 Å². The van der Waals surface area contributed by atoms with Gasteiger partial charge in [-0.15, -0.1) is 0 Å². The molecular formula is C7H6ClNO3S. The minimum Gasteiger partial charge on any atom is -0.273 e. The average molecular weight is 220 g/mol. The molecule has 0 aliphatic rings. The lowest BCUT2D eigenvalue weighted by atomic mass is 10.2. The normalized spacial score (nSPS) is 9.31. The van der Waals surface area contributed by atoms with E-state index in [2.05, 4.69) is 10.7 Å². The Hall–Kier alpha value is -1.09. The number of hydrogen-bond acceptors (Lipinski definition) is 3. The van der Waals surface area contributed by atoms with Crippen molar-refractivity contribution in [3.63, 3.8) is 0 Å². The molecule has 0 atom stereocenters. The van der Waals surface area contributed by atoms with Crippen LogP contribution in [0.1, 0.15) is 5.56 Å². The lowest BCUT2D eigenvalue weighted by Crippen LogP contribution is -1.77. The van der Waals surface area contributed by atoms with Gasteiger partial charge in [0.25, 0.3) is 0 Å². The topological polar surface area (TPSA) is 78.2 Å². The van der Waals surface area contributed by atoms with Gasteiger partial charge < -0.3 is 0 Å². The lowest BCUT2D eigenvalue weighted by Gasteiger charge is -1.80. The lowest BCUT2D eigenvalue weighted by molar-refractivity contribution is 0.501. The summed E-state index contributed by atoms with van der Waals surface area (Å²) in [6.45, 7) is 0. The third-order valence-electron chi connectivity index (χ3n) is 0.903. The summed E-state index contributed by atoms with van der Waals surface area (Å²) in [6.07, 6.45) is 0. The van der Waals surface area contributed by atoms with E-state index in [0.717, 1.165) is 0 Å². The predicted molar refractivity (Wildman–Crippen MR) is 48.6 cm³/mol. The van der Waals surface area contributed by atoms with Crippen LogP contribution in [0.25, 0.3) is 0 Å². The number of nitriles is 1. The maximum atomic E-state index is 8.95.